The van der Waals surface area contributed by atoms with E-state index < -0.39 is 13.7 Å². The summed E-state index contributed by atoms with van der Waals surface area (Å²) < 4.78 is 14.6. The summed E-state index contributed by atoms with van der Waals surface area (Å²) in [5.74, 6) is 0.601. The van der Waals surface area contributed by atoms with Gasteiger partial charge in [-0.15, -0.1) is 5.10 Å². The van der Waals surface area contributed by atoms with Crippen molar-refractivity contribution in [2.75, 3.05) is 37.0 Å². The number of amides is 2. The Morgan fingerprint density at radius 3 is 2.69 bits per heavy atom. The Morgan fingerprint density at radius 2 is 1.94 bits per heavy atom. The molecule has 7 rings (SSSR count). The van der Waals surface area contributed by atoms with Gasteiger partial charge in [-0.25, -0.2) is 0 Å². The van der Waals surface area contributed by atoms with Gasteiger partial charge in [0.05, 0.1) is 45.1 Å². The van der Waals surface area contributed by atoms with Crippen LogP contribution < -0.4 is 25.5 Å². The lowest BCUT2D eigenvalue weighted by molar-refractivity contribution is -0.146. The molecule has 0 radical (unpaired) electrons. The van der Waals surface area contributed by atoms with Gasteiger partial charge in [0.1, 0.15) is 5.75 Å². The number of carbonyl (C=O) groups excluding carboxylic acids is 2. The molecule has 3 aliphatic rings. The van der Waals surface area contributed by atoms with Crippen LogP contribution in [0.15, 0.2) is 79.0 Å². The Morgan fingerprint density at radius 1 is 1.13 bits per heavy atom. The van der Waals surface area contributed by atoms with Gasteiger partial charge in [-0.05, 0) is 67.2 Å². The molecule has 4 heterocycles. The van der Waals surface area contributed by atoms with Crippen molar-refractivity contribution in [2.45, 2.75) is 76.0 Å². The largest absolute Gasteiger partial charge is 0.497 e. The van der Waals surface area contributed by atoms with Gasteiger partial charge in [-0.1, -0.05) is 72.9 Å². The SMILES string of the molecule is COc1ccc([Si](C)(C)[C@@H]2[C@@H](CCn3cc(CCO)nn3)O[C@]3(C(=O)N(Cc4cccc(NC(=O)C5CCCNC5)c4)c4ccccc43)[C@H]2C)cc1. The van der Waals surface area contributed by atoms with E-state index in [4.69, 9.17) is 9.47 Å². The fourth-order valence-corrected chi connectivity index (χ4v) is 12.9. The number of ether oxygens (including phenoxy) is 2. The molecular formula is C40H50N6O5Si. The lowest BCUT2D eigenvalue weighted by Crippen LogP contribution is -2.51. The lowest BCUT2D eigenvalue weighted by atomic mass is 9.82. The van der Waals surface area contributed by atoms with Crippen LogP contribution in [0.1, 0.15) is 43.0 Å². The normalized spacial score (nSPS) is 24.3. The van der Waals surface area contributed by atoms with Gasteiger partial charge in [0, 0.05) is 49.5 Å². The van der Waals surface area contributed by atoms with E-state index in [-0.39, 0.29) is 41.9 Å². The van der Waals surface area contributed by atoms with Gasteiger partial charge in [-0.2, -0.15) is 0 Å². The maximum atomic E-state index is 15.1. The topological polar surface area (TPSA) is 131 Å². The maximum Gasteiger partial charge on any atom is 0.264 e. The van der Waals surface area contributed by atoms with Crippen molar-refractivity contribution in [3.8, 4) is 5.75 Å². The molecule has 1 aromatic heterocycles. The highest BCUT2D eigenvalue weighted by Crippen LogP contribution is 2.60. The molecule has 0 saturated carbocycles. The maximum absolute atomic E-state index is 15.1. The summed E-state index contributed by atoms with van der Waals surface area (Å²) in [6, 6.07) is 24.3. The monoisotopic (exact) mass is 722 g/mol. The van der Waals surface area contributed by atoms with Gasteiger partial charge in [-0.3, -0.25) is 14.3 Å². The quantitative estimate of drug-likeness (QED) is 0.181. The number of fused-ring (bicyclic) bond motifs is 2. The average Bonchev–Trinajstić information content (AvgIpc) is 3.81. The molecule has 3 N–H and O–H groups in total. The Labute approximate surface area is 306 Å². The number of aliphatic hydroxyl groups is 1. The van der Waals surface area contributed by atoms with Crippen molar-refractivity contribution in [2.24, 2.45) is 11.8 Å². The standard InChI is InChI=1S/C40H50N6O5Si/c1-27-37(52(3,4)33-16-14-32(50-2)15-17-33)36(18-21-45-26-31(19-22-47)43-44-45)51-40(27)34-12-5-6-13-35(34)46(39(40)49)25-28-9-7-11-30(23-28)42-38(48)29-10-8-20-41-24-29/h5-7,9,11-17,23,26-27,29,36-37,41,47H,8,10,18-22,24-25H2,1-4H3,(H,42,48)/t27-,29?,36+,37-,40+/m0/s1. The van der Waals surface area contributed by atoms with Crippen LogP contribution in [0.5, 0.6) is 5.75 Å². The van der Waals surface area contributed by atoms with Crippen molar-refractivity contribution in [3.63, 3.8) is 0 Å². The first kappa shape index (κ1) is 36.0. The number of aryl methyl sites for hydroxylation is 1. The van der Waals surface area contributed by atoms with Gasteiger partial charge in [0.25, 0.3) is 5.91 Å². The molecule has 2 saturated heterocycles. The number of carbonyl (C=O) groups is 2. The zero-order chi connectivity index (χ0) is 36.5. The number of piperidine rings is 1. The van der Waals surface area contributed by atoms with Crippen LogP contribution in [-0.4, -0.2) is 72.9 Å². The summed E-state index contributed by atoms with van der Waals surface area (Å²) in [7, 11) is -0.629. The van der Waals surface area contributed by atoms with Crippen LogP contribution in [0.25, 0.3) is 0 Å². The Balaban J connectivity index is 1.20. The van der Waals surface area contributed by atoms with E-state index >= 15 is 4.79 Å². The Kier molecular flexibility index (Phi) is 10.3. The molecule has 0 bridgehead atoms. The molecule has 4 aromatic rings. The molecule has 52 heavy (non-hydrogen) atoms. The molecule has 1 spiro atoms. The minimum Gasteiger partial charge on any atom is -0.497 e. The molecular weight excluding hydrogens is 673 g/mol. The number of anilines is 2. The lowest BCUT2D eigenvalue weighted by Gasteiger charge is -2.37. The minimum absolute atomic E-state index is 0.0172. The zero-order valence-corrected chi connectivity index (χ0v) is 31.5. The first-order chi connectivity index (χ1) is 25.1. The van der Waals surface area contributed by atoms with Crippen LogP contribution in [0.3, 0.4) is 0 Å². The minimum atomic E-state index is -2.31. The Bertz CT molecular complexity index is 1890. The smallest absolute Gasteiger partial charge is 0.264 e. The predicted octanol–water partition coefficient (Wildman–Crippen LogP) is 4.61. The van der Waals surface area contributed by atoms with Gasteiger partial charge in [0.2, 0.25) is 5.91 Å². The summed E-state index contributed by atoms with van der Waals surface area (Å²) in [6.07, 6.45) is 4.62. The third-order valence-corrected chi connectivity index (χ3v) is 15.9. The van der Waals surface area contributed by atoms with Gasteiger partial charge < -0.3 is 30.1 Å². The van der Waals surface area contributed by atoms with Crippen LogP contribution in [0.4, 0.5) is 11.4 Å². The predicted molar refractivity (Wildman–Crippen MR) is 203 cm³/mol. The summed E-state index contributed by atoms with van der Waals surface area (Å²) in [5.41, 5.74) is 3.09. The molecule has 11 nitrogen and oxygen atoms in total. The van der Waals surface area contributed by atoms with E-state index in [0.29, 0.717) is 32.5 Å². The van der Waals surface area contributed by atoms with Crippen molar-refractivity contribution in [1.29, 1.82) is 0 Å². The number of hydrogen-bond donors (Lipinski definition) is 3. The zero-order valence-electron chi connectivity index (χ0n) is 30.5. The first-order valence-electron chi connectivity index (χ1n) is 18.5. The molecule has 12 heteroatoms. The molecule has 2 amide bonds. The third kappa shape index (κ3) is 6.68. The molecule has 274 valence electrons. The number of nitrogens with one attached hydrogen (secondary N) is 2. The molecule has 0 aliphatic carbocycles. The van der Waals surface area contributed by atoms with Crippen molar-refractivity contribution >= 4 is 36.4 Å². The summed E-state index contributed by atoms with van der Waals surface area (Å²) in [4.78, 5) is 30.0. The highest BCUT2D eigenvalue weighted by Gasteiger charge is 2.66. The van der Waals surface area contributed by atoms with Crippen molar-refractivity contribution in [3.05, 3.63) is 95.8 Å². The molecule has 3 aliphatic heterocycles. The summed E-state index contributed by atoms with van der Waals surface area (Å²) in [5, 5.41) is 25.7. The summed E-state index contributed by atoms with van der Waals surface area (Å²) in [6.45, 7) is 9.54. The second kappa shape index (κ2) is 14.9. The molecule has 5 atom stereocenters. The number of methoxy groups -OCH3 is 1. The van der Waals surface area contributed by atoms with Crippen molar-refractivity contribution in [1.82, 2.24) is 20.3 Å². The number of rotatable bonds is 12. The van der Waals surface area contributed by atoms with Crippen LogP contribution >= 0.6 is 0 Å². The molecule has 1 unspecified atom stereocenters. The van der Waals surface area contributed by atoms with Crippen LogP contribution in [0.2, 0.25) is 18.6 Å². The first-order valence-corrected chi connectivity index (χ1v) is 21.6. The highest BCUT2D eigenvalue weighted by molar-refractivity contribution is 6.91. The number of para-hydroxylation sites is 1. The highest BCUT2D eigenvalue weighted by atomic mass is 28.3. The van der Waals surface area contributed by atoms with Gasteiger partial charge in [0.15, 0.2) is 5.60 Å². The fourth-order valence-electron chi connectivity index (χ4n) is 8.88. The van der Waals surface area contributed by atoms with Crippen LogP contribution in [-0.2, 0) is 39.4 Å². The van der Waals surface area contributed by atoms with E-state index in [1.807, 2.05) is 70.4 Å². The fraction of sp³-hybridized carbons (Fsp3) is 0.450. The Hall–Kier alpha value is -4.36. The number of nitrogens with zero attached hydrogens (tertiary/aromatic N) is 4. The molecule has 2 fully saturated rings. The second-order valence-corrected chi connectivity index (χ2v) is 19.7. The number of benzene rings is 3. The third-order valence-electron chi connectivity index (χ3n) is 11.5. The van der Waals surface area contributed by atoms with Crippen molar-refractivity contribution < 1.29 is 24.2 Å². The number of aromatic nitrogens is 3. The summed E-state index contributed by atoms with van der Waals surface area (Å²) >= 11 is 0. The molecule has 3 aromatic carbocycles. The van der Waals surface area contributed by atoms with E-state index in [2.05, 4.69) is 59.2 Å². The van der Waals surface area contributed by atoms with Crippen LogP contribution in [0, 0.1) is 11.8 Å². The van der Waals surface area contributed by atoms with E-state index in [0.717, 1.165) is 53.3 Å². The van der Waals surface area contributed by atoms with E-state index in [1.54, 1.807) is 7.11 Å². The van der Waals surface area contributed by atoms with E-state index in [1.165, 1.54) is 5.19 Å². The van der Waals surface area contributed by atoms with Gasteiger partial charge >= 0.3 is 0 Å². The number of hydrogen-bond acceptors (Lipinski definition) is 8. The number of aliphatic hydroxyl groups excluding tert-OH is 1. The second-order valence-electron chi connectivity index (χ2n) is 15.0. The average molecular weight is 723 g/mol. The van der Waals surface area contributed by atoms with E-state index in [9.17, 15) is 9.90 Å².